The average molecular weight is 224 g/mol. The maximum atomic E-state index is 12.6. The molecule has 0 saturated heterocycles. The maximum absolute atomic E-state index is 12.6. The van der Waals surface area contributed by atoms with Crippen LogP contribution in [0.5, 0.6) is 0 Å². The van der Waals surface area contributed by atoms with Gasteiger partial charge in [0.05, 0.1) is 5.92 Å². The summed E-state index contributed by atoms with van der Waals surface area (Å²) in [6.07, 6.45) is -1.44. The van der Waals surface area contributed by atoms with Crippen LogP contribution >= 0.6 is 0 Å². The molecule has 1 aliphatic carbocycles. The van der Waals surface area contributed by atoms with Crippen molar-refractivity contribution in [2.75, 3.05) is 19.6 Å². The highest BCUT2D eigenvalue weighted by atomic mass is 19.4. The van der Waals surface area contributed by atoms with Crippen LogP contribution in [0.4, 0.5) is 13.2 Å². The Morgan fingerprint density at radius 3 is 2.47 bits per heavy atom. The minimum absolute atomic E-state index is 0.259. The lowest BCUT2D eigenvalue weighted by Crippen LogP contribution is -2.39. The number of alkyl halides is 3. The Kier molecular flexibility index (Phi) is 4.86. The fourth-order valence-electron chi connectivity index (χ4n) is 2.27. The van der Waals surface area contributed by atoms with Crippen LogP contribution in [0.15, 0.2) is 0 Å². The number of hydrogen-bond donors (Lipinski definition) is 2. The van der Waals surface area contributed by atoms with Gasteiger partial charge >= 0.3 is 6.18 Å². The molecule has 0 aromatic heterocycles. The fraction of sp³-hybridized carbons (Fsp3) is 1.00. The monoisotopic (exact) mass is 224 g/mol. The molecule has 0 bridgehead atoms. The normalized spacial score (nSPS) is 28.0. The number of halogens is 3. The lowest BCUT2D eigenvalue weighted by molar-refractivity contribution is -0.195. The molecule has 0 heterocycles. The number of hydrogen-bond acceptors (Lipinski definition) is 2. The fourth-order valence-corrected chi connectivity index (χ4v) is 2.27. The van der Waals surface area contributed by atoms with Crippen LogP contribution in [0.3, 0.4) is 0 Å². The van der Waals surface area contributed by atoms with E-state index in [1.807, 2.05) is 0 Å². The summed E-state index contributed by atoms with van der Waals surface area (Å²) in [5.41, 5.74) is 5.28. The molecule has 0 spiro atoms. The predicted octanol–water partition coefficient (Wildman–Crippen LogP) is 1.90. The van der Waals surface area contributed by atoms with E-state index >= 15 is 0 Å². The third kappa shape index (κ3) is 3.99. The van der Waals surface area contributed by atoms with Gasteiger partial charge < -0.3 is 11.1 Å². The summed E-state index contributed by atoms with van der Waals surface area (Å²) in [7, 11) is 0. The van der Waals surface area contributed by atoms with E-state index in [4.69, 9.17) is 5.73 Å². The van der Waals surface area contributed by atoms with Crippen molar-refractivity contribution in [3.05, 3.63) is 0 Å². The lowest BCUT2D eigenvalue weighted by Gasteiger charge is -2.33. The van der Waals surface area contributed by atoms with E-state index in [1.165, 1.54) is 0 Å². The number of rotatable bonds is 4. The summed E-state index contributed by atoms with van der Waals surface area (Å²) in [6, 6.07) is 0. The van der Waals surface area contributed by atoms with Crippen LogP contribution in [0.25, 0.3) is 0 Å². The van der Waals surface area contributed by atoms with Crippen LogP contribution in [-0.4, -0.2) is 25.8 Å². The van der Waals surface area contributed by atoms with Gasteiger partial charge in [0.25, 0.3) is 0 Å². The zero-order valence-corrected chi connectivity index (χ0v) is 8.82. The maximum Gasteiger partial charge on any atom is 0.392 e. The van der Waals surface area contributed by atoms with Crippen molar-refractivity contribution in [3.8, 4) is 0 Å². The van der Waals surface area contributed by atoms with Gasteiger partial charge in [-0.15, -0.1) is 0 Å². The van der Waals surface area contributed by atoms with Gasteiger partial charge in [-0.25, -0.2) is 0 Å². The molecule has 0 aromatic rings. The third-order valence-corrected chi connectivity index (χ3v) is 3.06. The standard InChI is InChI=1S/C10H19F3N2/c11-10(12,13)9-4-2-1-3-8(9)7-15-6-5-14/h8-9,15H,1-7,14H2. The van der Waals surface area contributed by atoms with E-state index in [0.717, 1.165) is 6.42 Å². The van der Waals surface area contributed by atoms with Crippen molar-refractivity contribution >= 4 is 0 Å². The quantitative estimate of drug-likeness (QED) is 0.716. The Labute approximate surface area is 88.4 Å². The molecule has 0 aromatic carbocycles. The minimum atomic E-state index is -4.03. The van der Waals surface area contributed by atoms with Crippen LogP contribution in [-0.2, 0) is 0 Å². The van der Waals surface area contributed by atoms with E-state index < -0.39 is 12.1 Å². The largest absolute Gasteiger partial charge is 0.392 e. The summed E-state index contributed by atoms with van der Waals surface area (Å²) >= 11 is 0. The van der Waals surface area contributed by atoms with Crippen LogP contribution in [0.1, 0.15) is 25.7 Å². The van der Waals surface area contributed by atoms with E-state index in [1.54, 1.807) is 0 Å². The van der Waals surface area contributed by atoms with Gasteiger partial charge in [0.1, 0.15) is 0 Å². The molecule has 1 aliphatic rings. The van der Waals surface area contributed by atoms with Gasteiger partial charge in [-0.05, 0) is 25.3 Å². The first-order valence-corrected chi connectivity index (χ1v) is 5.53. The zero-order valence-electron chi connectivity index (χ0n) is 8.82. The van der Waals surface area contributed by atoms with Crippen LogP contribution in [0, 0.1) is 11.8 Å². The molecule has 2 unspecified atom stereocenters. The molecule has 3 N–H and O–H groups in total. The van der Waals surface area contributed by atoms with E-state index in [2.05, 4.69) is 5.32 Å². The van der Waals surface area contributed by atoms with Crippen molar-refractivity contribution in [2.45, 2.75) is 31.9 Å². The molecule has 2 nitrogen and oxygen atoms in total. The van der Waals surface area contributed by atoms with Crippen molar-refractivity contribution in [2.24, 2.45) is 17.6 Å². The molecule has 15 heavy (non-hydrogen) atoms. The summed E-state index contributed by atoms with van der Waals surface area (Å²) in [5, 5.41) is 2.98. The highest BCUT2D eigenvalue weighted by Gasteiger charge is 2.44. The highest BCUT2D eigenvalue weighted by molar-refractivity contribution is 4.81. The van der Waals surface area contributed by atoms with Crippen LogP contribution in [0.2, 0.25) is 0 Å². The molecular weight excluding hydrogens is 205 g/mol. The third-order valence-electron chi connectivity index (χ3n) is 3.06. The Balaban J connectivity index is 2.43. The summed E-state index contributed by atoms with van der Waals surface area (Å²) in [6.45, 7) is 1.52. The SMILES string of the molecule is NCCNCC1CCCCC1C(F)(F)F. The molecule has 1 saturated carbocycles. The molecule has 0 aliphatic heterocycles. The second kappa shape index (κ2) is 5.70. The Hall–Kier alpha value is -0.290. The highest BCUT2D eigenvalue weighted by Crippen LogP contribution is 2.40. The smallest absolute Gasteiger partial charge is 0.329 e. The topological polar surface area (TPSA) is 38.0 Å². The summed E-state index contributed by atoms with van der Waals surface area (Å²) in [5.74, 6) is -1.37. The summed E-state index contributed by atoms with van der Waals surface area (Å²) < 4.78 is 37.9. The van der Waals surface area contributed by atoms with E-state index in [0.29, 0.717) is 38.9 Å². The number of nitrogens with two attached hydrogens (primary N) is 1. The second-order valence-electron chi connectivity index (χ2n) is 4.19. The molecule has 5 heteroatoms. The molecule has 0 amide bonds. The van der Waals surface area contributed by atoms with Crippen molar-refractivity contribution in [1.82, 2.24) is 5.32 Å². The molecule has 90 valence electrons. The van der Waals surface area contributed by atoms with E-state index in [9.17, 15) is 13.2 Å². The first-order chi connectivity index (χ1) is 7.05. The Bertz CT molecular complexity index is 182. The van der Waals surface area contributed by atoms with Gasteiger partial charge in [-0.1, -0.05) is 12.8 Å². The molecule has 1 rings (SSSR count). The molecule has 1 fully saturated rings. The van der Waals surface area contributed by atoms with Crippen molar-refractivity contribution in [1.29, 1.82) is 0 Å². The van der Waals surface area contributed by atoms with Gasteiger partial charge in [0.2, 0.25) is 0 Å². The Morgan fingerprint density at radius 1 is 1.20 bits per heavy atom. The van der Waals surface area contributed by atoms with Gasteiger partial charge in [0.15, 0.2) is 0 Å². The predicted molar refractivity (Wildman–Crippen MR) is 53.4 cm³/mol. The van der Waals surface area contributed by atoms with Gasteiger partial charge in [-0.3, -0.25) is 0 Å². The first-order valence-electron chi connectivity index (χ1n) is 5.53. The summed E-state index contributed by atoms with van der Waals surface area (Å²) in [4.78, 5) is 0. The molecular formula is C10H19F3N2. The van der Waals surface area contributed by atoms with Crippen LogP contribution < -0.4 is 11.1 Å². The Morgan fingerprint density at radius 2 is 1.87 bits per heavy atom. The minimum Gasteiger partial charge on any atom is -0.329 e. The van der Waals surface area contributed by atoms with Crippen molar-refractivity contribution in [3.63, 3.8) is 0 Å². The lowest BCUT2D eigenvalue weighted by atomic mass is 9.79. The van der Waals surface area contributed by atoms with E-state index in [-0.39, 0.29) is 5.92 Å². The zero-order chi connectivity index (χ0) is 11.3. The average Bonchev–Trinajstić information content (AvgIpc) is 2.17. The number of nitrogens with one attached hydrogen (secondary N) is 1. The second-order valence-corrected chi connectivity index (χ2v) is 4.19. The molecule has 0 radical (unpaired) electrons. The van der Waals surface area contributed by atoms with Gasteiger partial charge in [0, 0.05) is 13.1 Å². The molecule has 2 atom stereocenters. The first kappa shape index (κ1) is 12.8. The van der Waals surface area contributed by atoms with Crippen molar-refractivity contribution < 1.29 is 13.2 Å². The van der Waals surface area contributed by atoms with Gasteiger partial charge in [-0.2, -0.15) is 13.2 Å².